The molecule has 0 radical (unpaired) electrons. The van der Waals surface area contributed by atoms with E-state index in [2.05, 4.69) is 57.9 Å². The molecule has 0 saturated heterocycles. The molecule has 3 aromatic carbocycles. The molecule has 0 saturated carbocycles. The third-order valence-electron chi connectivity index (χ3n) is 3.99. The Labute approximate surface area is 195 Å². The number of thiazole rings is 1. The van der Waals surface area contributed by atoms with Gasteiger partial charge >= 0.3 is 0 Å². The predicted octanol–water partition coefficient (Wildman–Crippen LogP) is 8.25. The maximum absolute atomic E-state index is 6.26. The van der Waals surface area contributed by atoms with Crippen molar-refractivity contribution in [3.63, 3.8) is 0 Å². The van der Waals surface area contributed by atoms with Crippen molar-refractivity contribution < 1.29 is 0 Å². The molecule has 0 aliphatic carbocycles. The maximum atomic E-state index is 6.26. The molecule has 1 aromatic heterocycles. The number of fused-ring (bicyclic) bond motifs is 1. The number of aliphatic imine (C=N–C) groups is 1. The maximum Gasteiger partial charge on any atom is 0.151 e. The Balaban J connectivity index is 1.51. The van der Waals surface area contributed by atoms with Gasteiger partial charge in [-0.2, -0.15) is 0 Å². The number of halogens is 3. The molecule has 4 rings (SSSR count). The van der Waals surface area contributed by atoms with Crippen LogP contribution in [0.1, 0.15) is 11.1 Å². The van der Waals surface area contributed by atoms with Crippen molar-refractivity contribution in [3.05, 3.63) is 85.4 Å². The molecule has 0 fully saturated rings. The summed E-state index contributed by atoms with van der Waals surface area (Å²) >= 11 is 18.1. The molecular formula is C21H13Cl2IN2S2. The normalized spacial score (nSPS) is 11.5. The fourth-order valence-corrected chi connectivity index (χ4v) is 5.74. The molecule has 0 aliphatic heterocycles. The van der Waals surface area contributed by atoms with E-state index in [1.165, 1.54) is 3.57 Å². The third-order valence-corrected chi connectivity index (χ3v) is 7.60. The lowest BCUT2D eigenvalue weighted by Gasteiger charge is -2.04. The number of rotatable bonds is 5. The lowest BCUT2D eigenvalue weighted by Crippen LogP contribution is -1.84. The van der Waals surface area contributed by atoms with Crippen LogP contribution in [0.4, 0.5) is 5.69 Å². The molecule has 4 aromatic rings. The predicted molar refractivity (Wildman–Crippen MR) is 132 cm³/mol. The summed E-state index contributed by atoms with van der Waals surface area (Å²) in [6.07, 6.45) is 1.88. The van der Waals surface area contributed by atoms with E-state index in [0.29, 0.717) is 15.8 Å². The van der Waals surface area contributed by atoms with Gasteiger partial charge in [0, 0.05) is 25.6 Å². The van der Waals surface area contributed by atoms with Crippen LogP contribution in [0.2, 0.25) is 10.0 Å². The summed E-state index contributed by atoms with van der Waals surface area (Å²) in [6, 6.07) is 19.9. The van der Waals surface area contributed by atoms with E-state index >= 15 is 0 Å². The summed E-state index contributed by atoms with van der Waals surface area (Å²) in [5.41, 5.74) is 3.92. The van der Waals surface area contributed by atoms with Gasteiger partial charge in [0.1, 0.15) is 0 Å². The third kappa shape index (κ3) is 4.89. The second kappa shape index (κ2) is 9.13. The first-order valence-corrected chi connectivity index (χ1v) is 12.0. The fourth-order valence-electron chi connectivity index (χ4n) is 2.54. The highest BCUT2D eigenvalue weighted by Gasteiger charge is 2.09. The highest BCUT2D eigenvalue weighted by molar-refractivity contribution is 14.1. The van der Waals surface area contributed by atoms with Crippen LogP contribution < -0.4 is 0 Å². The molecule has 7 heteroatoms. The van der Waals surface area contributed by atoms with Gasteiger partial charge in [0.15, 0.2) is 4.34 Å². The van der Waals surface area contributed by atoms with Crippen molar-refractivity contribution >= 4 is 91.0 Å². The molecule has 0 unspecified atom stereocenters. The Hall–Kier alpha value is -1.12. The van der Waals surface area contributed by atoms with Crippen LogP contribution >= 0.6 is 68.9 Å². The van der Waals surface area contributed by atoms with Gasteiger partial charge in [-0.05, 0) is 76.2 Å². The van der Waals surface area contributed by atoms with Crippen molar-refractivity contribution in [2.45, 2.75) is 10.1 Å². The van der Waals surface area contributed by atoms with Crippen molar-refractivity contribution in [1.82, 2.24) is 4.98 Å². The van der Waals surface area contributed by atoms with E-state index in [4.69, 9.17) is 28.2 Å². The molecule has 0 spiro atoms. The summed E-state index contributed by atoms with van der Waals surface area (Å²) in [5, 5.41) is 1.38. The number of benzene rings is 3. The van der Waals surface area contributed by atoms with Crippen LogP contribution in [0.5, 0.6) is 0 Å². The number of thioether (sulfide) groups is 1. The van der Waals surface area contributed by atoms with Gasteiger partial charge in [-0.25, -0.2) is 4.98 Å². The summed E-state index contributed by atoms with van der Waals surface area (Å²) in [7, 11) is 0. The Morgan fingerprint density at radius 2 is 1.79 bits per heavy atom. The minimum atomic E-state index is 0.688. The van der Waals surface area contributed by atoms with Gasteiger partial charge in [-0.15, -0.1) is 11.3 Å². The SMILES string of the molecule is Clc1cccc(Cl)c1CSc1nc2ccc(N=Cc3ccc(I)cc3)cc2s1. The molecule has 140 valence electrons. The Kier molecular flexibility index (Phi) is 6.58. The minimum Gasteiger partial charge on any atom is -0.256 e. The number of hydrogen-bond acceptors (Lipinski definition) is 4. The van der Waals surface area contributed by atoms with E-state index in [1.54, 1.807) is 23.1 Å². The van der Waals surface area contributed by atoms with Crippen molar-refractivity contribution in [1.29, 1.82) is 0 Å². The fraction of sp³-hybridized carbons (Fsp3) is 0.0476. The zero-order valence-electron chi connectivity index (χ0n) is 14.4. The summed E-state index contributed by atoms with van der Waals surface area (Å²) < 4.78 is 3.32. The zero-order valence-corrected chi connectivity index (χ0v) is 19.7. The van der Waals surface area contributed by atoms with Crippen LogP contribution in [-0.4, -0.2) is 11.2 Å². The van der Waals surface area contributed by atoms with Gasteiger partial charge in [-0.3, -0.25) is 4.99 Å². The second-order valence-corrected chi connectivity index (χ2v) is 10.2. The van der Waals surface area contributed by atoms with Crippen molar-refractivity contribution in [2.75, 3.05) is 0 Å². The first-order valence-electron chi connectivity index (χ1n) is 8.34. The van der Waals surface area contributed by atoms with E-state index in [9.17, 15) is 0 Å². The van der Waals surface area contributed by atoms with Gasteiger partial charge in [0.05, 0.1) is 15.9 Å². The summed E-state index contributed by atoms with van der Waals surface area (Å²) in [6.45, 7) is 0. The second-order valence-electron chi connectivity index (χ2n) is 5.93. The van der Waals surface area contributed by atoms with E-state index < -0.39 is 0 Å². The topological polar surface area (TPSA) is 25.2 Å². The smallest absolute Gasteiger partial charge is 0.151 e. The van der Waals surface area contributed by atoms with Gasteiger partial charge < -0.3 is 0 Å². The first-order chi connectivity index (χ1) is 13.6. The molecule has 0 bridgehead atoms. The molecule has 0 amide bonds. The average molecular weight is 555 g/mol. The van der Waals surface area contributed by atoms with Crippen LogP contribution in [0, 0.1) is 3.57 Å². The highest BCUT2D eigenvalue weighted by atomic mass is 127. The molecule has 0 aliphatic rings. The van der Waals surface area contributed by atoms with E-state index in [-0.39, 0.29) is 0 Å². The highest BCUT2D eigenvalue weighted by Crippen LogP contribution is 2.36. The van der Waals surface area contributed by atoms with Gasteiger partial charge in [-0.1, -0.05) is 53.2 Å². The van der Waals surface area contributed by atoms with Crippen LogP contribution in [-0.2, 0) is 5.75 Å². The Morgan fingerprint density at radius 3 is 2.54 bits per heavy atom. The monoisotopic (exact) mass is 554 g/mol. The zero-order chi connectivity index (χ0) is 19.5. The van der Waals surface area contributed by atoms with Crippen molar-refractivity contribution in [3.8, 4) is 0 Å². The lowest BCUT2D eigenvalue weighted by atomic mass is 10.2. The summed E-state index contributed by atoms with van der Waals surface area (Å²) in [5.74, 6) is 0.691. The number of hydrogen-bond donors (Lipinski definition) is 0. The molecule has 2 nitrogen and oxygen atoms in total. The van der Waals surface area contributed by atoms with Gasteiger partial charge in [0.25, 0.3) is 0 Å². The van der Waals surface area contributed by atoms with E-state index in [1.807, 2.05) is 36.5 Å². The van der Waals surface area contributed by atoms with Crippen molar-refractivity contribution in [2.24, 2.45) is 4.99 Å². The summed E-state index contributed by atoms with van der Waals surface area (Å²) in [4.78, 5) is 9.29. The largest absolute Gasteiger partial charge is 0.256 e. The number of nitrogens with zero attached hydrogens (tertiary/aromatic N) is 2. The molecule has 28 heavy (non-hydrogen) atoms. The van der Waals surface area contributed by atoms with E-state index in [0.717, 1.165) is 31.4 Å². The van der Waals surface area contributed by atoms with Gasteiger partial charge in [0.2, 0.25) is 0 Å². The van der Waals surface area contributed by atoms with Crippen LogP contribution in [0.15, 0.2) is 70.0 Å². The molecule has 1 heterocycles. The van der Waals surface area contributed by atoms with Crippen LogP contribution in [0.25, 0.3) is 10.2 Å². The molecule has 0 atom stereocenters. The quantitative estimate of drug-likeness (QED) is 0.141. The number of aromatic nitrogens is 1. The molecular weight excluding hydrogens is 542 g/mol. The Morgan fingerprint density at radius 1 is 1.04 bits per heavy atom. The van der Waals surface area contributed by atoms with Crippen LogP contribution in [0.3, 0.4) is 0 Å². The average Bonchev–Trinajstić information content (AvgIpc) is 3.09. The standard InChI is InChI=1S/C21H13Cl2IN2S2/c22-17-2-1-3-18(23)16(17)12-27-21-26-19-9-8-15(10-20(19)28-21)25-11-13-4-6-14(24)7-5-13/h1-11H,12H2. The molecule has 0 N–H and O–H groups in total. The lowest BCUT2D eigenvalue weighted by molar-refractivity contribution is 1.29. The minimum absolute atomic E-state index is 0.688. The first kappa shape index (κ1) is 20.2. The Bertz CT molecular complexity index is 1140.